The Labute approximate surface area is 112 Å². The monoisotopic (exact) mass is 262 g/mol. The van der Waals surface area contributed by atoms with Gasteiger partial charge in [-0.05, 0) is 43.1 Å². The van der Waals surface area contributed by atoms with Gasteiger partial charge in [0.15, 0.2) is 0 Å². The molecule has 0 spiro atoms. The van der Waals surface area contributed by atoms with Gasteiger partial charge in [-0.1, -0.05) is 6.07 Å². The van der Waals surface area contributed by atoms with Crippen LogP contribution >= 0.6 is 0 Å². The molecule has 0 radical (unpaired) electrons. The predicted octanol–water partition coefficient (Wildman–Crippen LogP) is 0.925. The molecule has 2 rings (SSSR count). The largest absolute Gasteiger partial charge is 0.481 e. The Hall–Kier alpha value is -1.88. The van der Waals surface area contributed by atoms with Crippen LogP contribution in [-0.2, 0) is 17.8 Å². The summed E-state index contributed by atoms with van der Waals surface area (Å²) >= 11 is 0. The molecule has 1 heterocycles. The summed E-state index contributed by atoms with van der Waals surface area (Å²) in [5.74, 6) is -1.13. The third-order valence-electron chi connectivity index (χ3n) is 3.21. The van der Waals surface area contributed by atoms with Crippen molar-refractivity contribution in [3.05, 3.63) is 34.9 Å². The van der Waals surface area contributed by atoms with Crippen molar-refractivity contribution in [2.75, 3.05) is 6.54 Å². The highest BCUT2D eigenvalue weighted by molar-refractivity contribution is 5.94. The Morgan fingerprint density at radius 2 is 2.21 bits per heavy atom. The molecule has 1 aliphatic heterocycles. The zero-order chi connectivity index (χ0) is 13.8. The van der Waals surface area contributed by atoms with Crippen LogP contribution in [-0.4, -0.2) is 29.6 Å². The van der Waals surface area contributed by atoms with Crippen molar-refractivity contribution >= 4 is 11.9 Å². The number of fused-ring (bicyclic) bond motifs is 1. The fourth-order valence-electron chi connectivity index (χ4n) is 2.24. The second kappa shape index (κ2) is 5.84. The first-order valence-electron chi connectivity index (χ1n) is 6.41. The highest BCUT2D eigenvalue weighted by Gasteiger charge is 2.15. The molecule has 0 bridgehead atoms. The van der Waals surface area contributed by atoms with Gasteiger partial charge in [0.05, 0.1) is 6.42 Å². The molecule has 1 unspecified atom stereocenters. The SMILES string of the molecule is CC(CC(=O)O)NC(=O)c1ccc2c(c1)CNCC2. The van der Waals surface area contributed by atoms with Crippen molar-refractivity contribution < 1.29 is 14.7 Å². The van der Waals surface area contributed by atoms with E-state index in [1.165, 1.54) is 5.56 Å². The van der Waals surface area contributed by atoms with Crippen LogP contribution in [0.15, 0.2) is 18.2 Å². The summed E-state index contributed by atoms with van der Waals surface area (Å²) in [4.78, 5) is 22.6. The number of hydrogen-bond acceptors (Lipinski definition) is 3. The lowest BCUT2D eigenvalue weighted by Gasteiger charge is -2.18. The molecule has 0 saturated carbocycles. The van der Waals surface area contributed by atoms with Crippen LogP contribution in [0.25, 0.3) is 0 Å². The number of carbonyl (C=O) groups excluding carboxylic acids is 1. The minimum absolute atomic E-state index is 0.0712. The molecular formula is C14H18N2O3. The molecular weight excluding hydrogens is 244 g/mol. The summed E-state index contributed by atoms with van der Waals surface area (Å²) in [6, 6.07) is 5.28. The second-order valence-corrected chi connectivity index (χ2v) is 4.88. The lowest BCUT2D eigenvalue weighted by Crippen LogP contribution is -2.34. The summed E-state index contributed by atoms with van der Waals surface area (Å²) < 4.78 is 0. The maximum absolute atomic E-state index is 12.0. The van der Waals surface area contributed by atoms with Crippen molar-refractivity contribution in [1.29, 1.82) is 0 Å². The van der Waals surface area contributed by atoms with Crippen LogP contribution < -0.4 is 10.6 Å². The van der Waals surface area contributed by atoms with Crippen molar-refractivity contribution in [2.45, 2.75) is 32.4 Å². The zero-order valence-electron chi connectivity index (χ0n) is 10.9. The van der Waals surface area contributed by atoms with E-state index in [1.807, 2.05) is 12.1 Å². The molecule has 0 aromatic heterocycles. The van der Waals surface area contributed by atoms with Gasteiger partial charge in [0, 0.05) is 18.2 Å². The molecule has 3 N–H and O–H groups in total. The van der Waals surface area contributed by atoms with E-state index in [4.69, 9.17) is 5.11 Å². The number of amides is 1. The average Bonchev–Trinajstić information content (AvgIpc) is 2.37. The third-order valence-corrected chi connectivity index (χ3v) is 3.21. The second-order valence-electron chi connectivity index (χ2n) is 4.88. The van der Waals surface area contributed by atoms with E-state index in [1.54, 1.807) is 13.0 Å². The zero-order valence-corrected chi connectivity index (χ0v) is 10.9. The standard InChI is InChI=1S/C14H18N2O3/c1-9(6-13(17)18)16-14(19)11-3-2-10-4-5-15-8-12(10)7-11/h2-3,7,9,15H,4-6,8H2,1H3,(H,16,19)(H,17,18). The van der Waals surface area contributed by atoms with Gasteiger partial charge in [-0.3, -0.25) is 9.59 Å². The number of carbonyl (C=O) groups is 2. The maximum atomic E-state index is 12.0. The summed E-state index contributed by atoms with van der Waals surface area (Å²) in [6.07, 6.45) is 0.908. The molecule has 5 nitrogen and oxygen atoms in total. The van der Waals surface area contributed by atoms with Crippen LogP contribution in [0.1, 0.15) is 34.8 Å². The van der Waals surface area contributed by atoms with Crippen molar-refractivity contribution in [3.63, 3.8) is 0 Å². The molecule has 5 heteroatoms. The van der Waals surface area contributed by atoms with Crippen LogP contribution in [0.5, 0.6) is 0 Å². The molecule has 0 saturated heterocycles. The van der Waals surface area contributed by atoms with Crippen LogP contribution in [0, 0.1) is 0 Å². The first-order chi connectivity index (χ1) is 9.06. The molecule has 1 atom stereocenters. The van der Waals surface area contributed by atoms with Crippen LogP contribution in [0.2, 0.25) is 0 Å². The Morgan fingerprint density at radius 1 is 1.42 bits per heavy atom. The van der Waals surface area contributed by atoms with Gasteiger partial charge in [-0.25, -0.2) is 0 Å². The maximum Gasteiger partial charge on any atom is 0.305 e. The Kier molecular flexibility index (Phi) is 4.16. The summed E-state index contributed by atoms with van der Waals surface area (Å²) in [6.45, 7) is 3.43. The number of carboxylic acid groups (broad SMARTS) is 1. The van der Waals surface area contributed by atoms with Crippen molar-refractivity contribution in [1.82, 2.24) is 10.6 Å². The smallest absolute Gasteiger partial charge is 0.305 e. The lowest BCUT2D eigenvalue weighted by molar-refractivity contribution is -0.137. The molecule has 0 fully saturated rings. The molecule has 1 amide bonds. The average molecular weight is 262 g/mol. The van der Waals surface area contributed by atoms with Gasteiger partial charge in [0.2, 0.25) is 0 Å². The highest BCUT2D eigenvalue weighted by Crippen LogP contribution is 2.16. The summed E-state index contributed by atoms with van der Waals surface area (Å²) in [5.41, 5.74) is 3.00. The van der Waals surface area contributed by atoms with Crippen molar-refractivity contribution in [3.8, 4) is 0 Å². The van der Waals surface area contributed by atoms with E-state index in [9.17, 15) is 9.59 Å². The minimum Gasteiger partial charge on any atom is -0.481 e. The van der Waals surface area contributed by atoms with E-state index < -0.39 is 5.97 Å². The van der Waals surface area contributed by atoms with Crippen molar-refractivity contribution in [2.24, 2.45) is 0 Å². The van der Waals surface area contributed by atoms with Gasteiger partial charge in [0.1, 0.15) is 0 Å². The topological polar surface area (TPSA) is 78.4 Å². The molecule has 102 valence electrons. The first kappa shape index (κ1) is 13.5. The van der Waals surface area contributed by atoms with E-state index in [-0.39, 0.29) is 18.4 Å². The fraction of sp³-hybridized carbons (Fsp3) is 0.429. The van der Waals surface area contributed by atoms with E-state index >= 15 is 0 Å². The van der Waals surface area contributed by atoms with E-state index in [0.717, 1.165) is 25.1 Å². The van der Waals surface area contributed by atoms with Gasteiger partial charge in [-0.15, -0.1) is 0 Å². The van der Waals surface area contributed by atoms with Crippen LogP contribution in [0.3, 0.4) is 0 Å². The fourth-order valence-corrected chi connectivity index (χ4v) is 2.24. The van der Waals surface area contributed by atoms with E-state index in [2.05, 4.69) is 10.6 Å². The lowest BCUT2D eigenvalue weighted by atomic mass is 9.98. The number of aliphatic carboxylic acids is 1. The third kappa shape index (κ3) is 3.54. The molecule has 1 aromatic carbocycles. The first-order valence-corrected chi connectivity index (χ1v) is 6.41. The van der Waals surface area contributed by atoms with Gasteiger partial charge in [0.25, 0.3) is 5.91 Å². The molecule has 19 heavy (non-hydrogen) atoms. The number of carboxylic acids is 1. The number of nitrogens with one attached hydrogen (secondary N) is 2. The summed E-state index contributed by atoms with van der Waals surface area (Å²) in [5, 5.41) is 14.6. The predicted molar refractivity (Wildman–Crippen MR) is 71.0 cm³/mol. The molecule has 0 aliphatic carbocycles. The van der Waals surface area contributed by atoms with Gasteiger partial charge in [-0.2, -0.15) is 0 Å². The van der Waals surface area contributed by atoms with Gasteiger partial charge < -0.3 is 15.7 Å². The Bertz CT molecular complexity index is 499. The molecule has 1 aliphatic rings. The number of hydrogen-bond donors (Lipinski definition) is 3. The number of benzene rings is 1. The summed E-state index contributed by atoms with van der Waals surface area (Å²) in [7, 11) is 0. The minimum atomic E-state index is -0.914. The van der Waals surface area contributed by atoms with Crippen LogP contribution in [0.4, 0.5) is 0 Å². The number of rotatable bonds is 4. The highest BCUT2D eigenvalue weighted by atomic mass is 16.4. The Morgan fingerprint density at radius 3 is 2.95 bits per heavy atom. The Balaban J connectivity index is 2.05. The normalized spacial score (nSPS) is 15.4. The van der Waals surface area contributed by atoms with Gasteiger partial charge >= 0.3 is 5.97 Å². The van der Waals surface area contributed by atoms with E-state index in [0.29, 0.717) is 5.56 Å². The quantitative estimate of drug-likeness (QED) is 0.754. The molecule has 1 aromatic rings.